The van der Waals surface area contributed by atoms with Crippen molar-refractivity contribution in [3.63, 3.8) is 0 Å². The Morgan fingerprint density at radius 1 is 1.15 bits per heavy atom. The molecule has 0 fully saturated rings. The molecule has 4 aromatic rings. The van der Waals surface area contributed by atoms with Crippen LogP contribution in [0.3, 0.4) is 0 Å². The SMILES string of the molecule is Cc1c2ccnc(C(=O)NC(C)CN(C)C)c2cc2c3cc(OCC(C)N)ccc3n(C)c12. The highest BCUT2D eigenvalue weighted by atomic mass is 16.5. The van der Waals surface area contributed by atoms with E-state index in [9.17, 15) is 4.79 Å². The minimum atomic E-state index is -0.158. The summed E-state index contributed by atoms with van der Waals surface area (Å²) >= 11 is 0. The molecule has 2 atom stereocenters. The van der Waals surface area contributed by atoms with Crippen LogP contribution in [0.25, 0.3) is 32.6 Å². The van der Waals surface area contributed by atoms with Crippen molar-refractivity contribution in [2.75, 3.05) is 27.2 Å². The fraction of sp³-hybridized carbons (Fsp3) is 0.385. The number of ether oxygens (including phenoxy) is 1. The van der Waals surface area contributed by atoms with Gasteiger partial charge in [-0.15, -0.1) is 0 Å². The van der Waals surface area contributed by atoms with Crippen molar-refractivity contribution >= 4 is 38.5 Å². The van der Waals surface area contributed by atoms with Crippen molar-refractivity contribution in [2.24, 2.45) is 12.8 Å². The molecule has 0 radical (unpaired) electrons. The molecule has 3 N–H and O–H groups in total. The number of benzene rings is 2. The van der Waals surface area contributed by atoms with Crippen molar-refractivity contribution in [1.29, 1.82) is 0 Å². The van der Waals surface area contributed by atoms with E-state index in [1.807, 2.05) is 40.1 Å². The molecular weight excluding hydrogens is 414 g/mol. The number of hydrogen-bond donors (Lipinski definition) is 2. The first kappa shape index (κ1) is 23.0. The molecule has 0 bridgehead atoms. The lowest BCUT2D eigenvalue weighted by molar-refractivity contribution is 0.0931. The van der Waals surface area contributed by atoms with Crippen LogP contribution >= 0.6 is 0 Å². The van der Waals surface area contributed by atoms with E-state index in [1.54, 1.807) is 6.20 Å². The Hall–Kier alpha value is -3.16. The predicted octanol–water partition coefficient (Wildman–Crippen LogP) is 3.59. The van der Waals surface area contributed by atoms with E-state index in [-0.39, 0.29) is 18.0 Å². The first-order valence-electron chi connectivity index (χ1n) is 11.3. The number of amides is 1. The Balaban J connectivity index is 1.87. The molecule has 0 saturated heterocycles. The standard InChI is InChI=1S/C26H33N5O2/c1-15(27)14-33-18-7-8-23-20(11-18)22-12-21-19(17(3)25(22)31(23)6)9-10-28-24(21)26(32)29-16(2)13-30(4)5/h7-12,15-16H,13-14,27H2,1-6H3,(H,29,32). The molecule has 0 aliphatic carbocycles. The maximum absolute atomic E-state index is 13.1. The smallest absolute Gasteiger partial charge is 0.270 e. The minimum Gasteiger partial charge on any atom is -0.492 e. The number of likely N-dealkylation sites (N-methyl/N-ethyl adjacent to an activating group) is 1. The summed E-state index contributed by atoms with van der Waals surface area (Å²) in [6.45, 7) is 7.24. The van der Waals surface area contributed by atoms with Crippen LogP contribution in [0.5, 0.6) is 5.75 Å². The van der Waals surface area contributed by atoms with Crippen LogP contribution in [0.2, 0.25) is 0 Å². The number of nitrogens with one attached hydrogen (secondary N) is 1. The summed E-state index contributed by atoms with van der Waals surface area (Å²) in [7, 11) is 6.06. The number of aromatic nitrogens is 2. The summed E-state index contributed by atoms with van der Waals surface area (Å²) in [4.78, 5) is 19.7. The molecule has 4 rings (SSSR count). The van der Waals surface area contributed by atoms with Gasteiger partial charge in [0.1, 0.15) is 18.1 Å². The minimum absolute atomic E-state index is 0.0107. The number of hydrogen-bond acceptors (Lipinski definition) is 5. The summed E-state index contributed by atoms with van der Waals surface area (Å²) in [6, 6.07) is 10.2. The van der Waals surface area contributed by atoms with Gasteiger partial charge in [0.15, 0.2) is 0 Å². The summed E-state index contributed by atoms with van der Waals surface area (Å²) in [5.74, 6) is 0.626. The quantitative estimate of drug-likeness (QED) is 0.452. The monoisotopic (exact) mass is 447 g/mol. The van der Waals surface area contributed by atoms with Gasteiger partial charge in [0.05, 0.1) is 5.52 Å². The highest BCUT2D eigenvalue weighted by molar-refractivity contribution is 6.17. The summed E-state index contributed by atoms with van der Waals surface area (Å²) < 4.78 is 8.08. The number of fused-ring (bicyclic) bond motifs is 4. The zero-order valence-electron chi connectivity index (χ0n) is 20.3. The number of nitrogens with two attached hydrogens (primary N) is 1. The van der Waals surface area contributed by atoms with E-state index in [2.05, 4.69) is 51.9 Å². The summed E-state index contributed by atoms with van der Waals surface area (Å²) in [6.07, 6.45) is 1.72. The van der Waals surface area contributed by atoms with Crippen molar-refractivity contribution in [3.8, 4) is 5.75 Å². The third-order valence-electron chi connectivity index (χ3n) is 5.99. The molecule has 174 valence electrons. The van der Waals surface area contributed by atoms with Crippen LogP contribution in [0.4, 0.5) is 0 Å². The van der Waals surface area contributed by atoms with Crippen LogP contribution in [-0.4, -0.2) is 59.7 Å². The Morgan fingerprint density at radius 2 is 1.91 bits per heavy atom. The first-order chi connectivity index (χ1) is 15.7. The molecule has 1 amide bonds. The topological polar surface area (TPSA) is 85.4 Å². The number of pyridine rings is 1. The molecule has 0 spiro atoms. The predicted molar refractivity (Wildman–Crippen MR) is 135 cm³/mol. The zero-order valence-corrected chi connectivity index (χ0v) is 20.3. The molecule has 2 heterocycles. The maximum atomic E-state index is 13.1. The molecule has 0 aliphatic heterocycles. The van der Waals surface area contributed by atoms with Gasteiger partial charge in [0.25, 0.3) is 5.91 Å². The van der Waals surface area contributed by atoms with Crippen molar-refractivity contribution in [3.05, 3.63) is 47.8 Å². The van der Waals surface area contributed by atoms with Gasteiger partial charge < -0.3 is 25.3 Å². The van der Waals surface area contributed by atoms with Crippen LogP contribution in [0.15, 0.2) is 36.5 Å². The lowest BCUT2D eigenvalue weighted by Gasteiger charge is -2.18. The Labute approximate surface area is 194 Å². The molecule has 7 nitrogen and oxygen atoms in total. The molecule has 2 unspecified atom stereocenters. The molecule has 0 aliphatic rings. The van der Waals surface area contributed by atoms with Crippen molar-refractivity contribution < 1.29 is 9.53 Å². The number of carbonyl (C=O) groups is 1. The zero-order chi connectivity index (χ0) is 23.9. The third kappa shape index (κ3) is 4.38. The van der Waals surface area contributed by atoms with Gasteiger partial charge in [0, 0.05) is 53.5 Å². The van der Waals surface area contributed by atoms with Gasteiger partial charge in [0.2, 0.25) is 0 Å². The van der Waals surface area contributed by atoms with Gasteiger partial charge in [-0.3, -0.25) is 9.78 Å². The van der Waals surface area contributed by atoms with Crippen LogP contribution in [-0.2, 0) is 7.05 Å². The Kier molecular flexibility index (Phi) is 6.28. The third-order valence-corrected chi connectivity index (χ3v) is 5.99. The van der Waals surface area contributed by atoms with Crippen LogP contribution in [0, 0.1) is 6.92 Å². The Bertz CT molecular complexity index is 1340. The molecular formula is C26H33N5O2. The van der Waals surface area contributed by atoms with Crippen LogP contribution in [0.1, 0.15) is 29.9 Å². The first-order valence-corrected chi connectivity index (χ1v) is 11.3. The van der Waals surface area contributed by atoms with E-state index in [0.717, 1.165) is 50.4 Å². The lowest BCUT2D eigenvalue weighted by atomic mass is 10.00. The van der Waals surface area contributed by atoms with E-state index in [1.165, 1.54) is 0 Å². The highest BCUT2D eigenvalue weighted by Crippen LogP contribution is 2.37. The van der Waals surface area contributed by atoms with E-state index < -0.39 is 0 Å². The fourth-order valence-electron chi connectivity index (χ4n) is 4.65. The molecule has 2 aromatic carbocycles. The second-order valence-corrected chi connectivity index (χ2v) is 9.32. The molecule has 7 heteroatoms. The number of nitrogens with zero attached hydrogens (tertiary/aromatic N) is 3. The average Bonchev–Trinajstić information content (AvgIpc) is 3.03. The van der Waals surface area contributed by atoms with Gasteiger partial charge >= 0.3 is 0 Å². The van der Waals surface area contributed by atoms with Crippen LogP contribution < -0.4 is 15.8 Å². The van der Waals surface area contributed by atoms with Gasteiger partial charge in [-0.25, -0.2) is 0 Å². The van der Waals surface area contributed by atoms with Crippen molar-refractivity contribution in [2.45, 2.75) is 32.9 Å². The number of rotatable bonds is 7. The molecule has 2 aromatic heterocycles. The summed E-state index contributed by atoms with van der Waals surface area (Å²) in [5, 5.41) is 7.12. The Morgan fingerprint density at radius 3 is 2.61 bits per heavy atom. The average molecular weight is 448 g/mol. The second kappa shape index (κ2) is 9.00. The van der Waals surface area contributed by atoms with E-state index >= 15 is 0 Å². The molecule has 0 saturated carbocycles. The summed E-state index contributed by atoms with van der Waals surface area (Å²) in [5.41, 5.74) is 9.68. The fourth-order valence-corrected chi connectivity index (χ4v) is 4.65. The van der Waals surface area contributed by atoms with Gasteiger partial charge in [-0.2, -0.15) is 0 Å². The normalized spacial score (nSPS) is 13.7. The van der Waals surface area contributed by atoms with E-state index in [4.69, 9.17) is 10.5 Å². The number of aryl methyl sites for hydroxylation is 2. The lowest BCUT2D eigenvalue weighted by Crippen LogP contribution is -2.39. The largest absolute Gasteiger partial charge is 0.492 e. The maximum Gasteiger partial charge on any atom is 0.270 e. The molecule has 33 heavy (non-hydrogen) atoms. The van der Waals surface area contributed by atoms with Gasteiger partial charge in [-0.05, 0) is 76.1 Å². The highest BCUT2D eigenvalue weighted by Gasteiger charge is 2.19. The second-order valence-electron chi connectivity index (χ2n) is 9.32. The van der Waals surface area contributed by atoms with Gasteiger partial charge in [-0.1, -0.05) is 0 Å². The van der Waals surface area contributed by atoms with E-state index in [0.29, 0.717) is 12.3 Å². The van der Waals surface area contributed by atoms with Crippen molar-refractivity contribution in [1.82, 2.24) is 19.8 Å². The number of carbonyl (C=O) groups excluding carboxylic acids is 1.